The van der Waals surface area contributed by atoms with Gasteiger partial charge in [-0.3, -0.25) is 9.80 Å². The zero-order chi connectivity index (χ0) is 9.56. The van der Waals surface area contributed by atoms with Crippen LogP contribution in [0.1, 0.15) is 20.3 Å². The molecule has 0 saturated carbocycles. The third-order valence-corrected chi connectivity index (χ3v) is 1.73. The third kappa shape index (κ3) is 3.05. The van der Waals surface area contributed by atoms with Crippen molar-refractivity contribution in [1.29, 1.82) is 0 Å². The van der Waals surface area contributed by atoms with E-state index in [1.807, 2.05) is 25.9 Å². The van der Waals surface area contributed by atoms with Crippen molar-refractivity contribution in [3.63, 3.8) is 0 Å². The topological polar surface area (TPSA) is 23.6 Å². The maximum atomic E-state index is 11.3. The van der Waals surface area contributed by atoms with Crippen LogP contribution in [-0.4, -0.2) is 36.1 Å². The largest absolute Gasteiger partial charge is 0.272 e. The number of amides is 1. The molecule has 0 unspecified atom stereocenters. The molecule has 0 rings (SSSR count). The average Bonchev–Trinajstić information content (AvgIpc) is 2.11. The van der Waals surface area contributed by atoms with Crippen LogP contribution in [0, 0.1) is 0 Å². The summed E-state index contributed by atoms with van der Waals surface area (Å²) in [5, 5.41) is 3.60. The number of nitrogens with zero attached hydrogens (tertiary/aromatic N) is 2. The molecule has 0 aliphatic carbocycles. The fraction of sp³-hybridized carbons (Fsp3) is 0.667. The fourth-order valence-electron chi connectivity index (χ4n) is 0.937. The Bertz CT molecular complexity index is 157. The van der Waals surface area contributed by atoms with Gasteiger partial charge in [0.1, 0.15) is 0 Å². The van der Waals surface area contributed by atoms with Crippen molar-refractivity contribution in [2.45, 2.75) is 20.3 Å². The Morgan fingerprint density at radius 1 is 1.50 bits per heavy atom. The van der Waals surface area contributed by atoms with Crippen LogP contribution >= 0.6 is 0 Å². The molecule has 0 atom stereocenters. The highest BCUT2D eigenvalue weighted by Gasteiger charge is 2.12. The molecule has 3 heteroatoms. The maximum Gasteiger partial charge on any atom is 0.260 e. The second-order valence-electron chi connectivity index (χ2n) is 2.64. The Labute approximate surface area is 74.6 Å². The van der Waals surface area contributed by atoms with Crippen LogP contribution in [0.15, 0.2) is 12.7 Å². The van der Waals surface area contributed by atoms with E-state index in [1.165, 1.54) is 6.08 Å². The summed E-state index contributed by atoms with van der Waals surface area (Å²) >= 11 is 0. The molecular formula is C9H18N2O. The molecule has 0 N–H and O–H groups in total. The van der Waals surface area contributed by atoms with Crippen LogP contribution in [0.25, 0.3) is 0 Å². The zero-order valence-electron chi connectivity index (χ0n) is 8.21. The summed E-state index contributed by atoms with van der Waals surface area (Å²) in [6.45, 7) is 9.12. The highest BCUT2D eigenvalue weighted by Crippen LogP contribution is 1.97. The minimum absolute atomic E-state index is 0.0267. The molecule has 70 valence electrons. The molecule has 3 nitrogen and oxygen atoms in total. The van der Waals surface area contributed by atoms with Crippen molar-refractivity contribution in [3.05, 3.63) is 12.7 Å². The van der Waals surface area contributed by atoms with Crippen LogP contribution in [0.3, 0.4) is 0 Å². The smallest absolute Gasteiger partial charge is 0.260 e. The van der Waals surface area contributed by atoms with Crippen molar-refractivity contribution in [2.24, 2.45) is 0 Å². The Morgan fingerprint density at radius 3 is 2.42 bits per heavy atom. The van der Waals surface area contributed by atoms with E-state index in [0.717, 1.165) is 19.5 Å². The molecule has 0 radical (unpaired) electrons. The summed E-state index contributed by atoms with van der Waals surface area (Å²) in [6.07, 6.45) is 2.31. The van der Waals surface area contributed by atoms with Gasteiger partial charge in [-0.25, -0.2) is 5.01 Å². The van der Waals surface area contributed by atoms with E-state index in [-0.39, 0.29) is 5.91 Å². The van der Waals surface area contributed by atoms with Crippen LogP contribution in [-0.2, 0) is 4.79 Å². The molecule has 0 heterocycles. The molecule has 0 aromatic rings. The first kappa shape index (κ1) is 11.2. The molecule has 0 bridgehead atoms. The van der Waals surface area contributed by atoms with Gasteiger partial charge in [0.2, 0.25) is 0 Å². The van der Waals surface area contributed by atoms with E-state index in [2.05, 4.69) is 6.58 Å². The van der Waals surface area contributed by atoms with Gasteiger partial charge in [0, 0.05) is 20.1 Å². The summed E-state index contributed by atoms with van der Waals surface area (Å²) in [7, 11) is 1.90. The van der Waals surface area contributed by atoms with Crippen LogP contribution in [0.2, 0.25) is 0 Å². The van der Waals surface area contributed by atoms with Gasteiger partial charge in [0.05, 0.1) is 0 Å². The number of hydrogen-bond acceptors (Lipinski definition) is 2. The van der Waals surface area contributed by atoms with Crippen molar-refractivity contribution < 1.29 is 4.79 Å². The summed E-state index contributed by atoms with van der Waals surface area (Å²) < 4.78 is 0. The van der Waals surface area contributed by atoms with Crippen molar-refractivity contribution in [3.8, 4) is 0 Å². The summed E-state index contributed by atoms with van der Waals surface area (Å²) in [5.74, 6) is -0.0267. The highest BCUT2D eigenvalue weighted by molar-refractivity contribution is 5.86. The molecule has 0 aliphatic heterocycles. The van der Waals surface area contributed by atoms with Gasteiger partial charge in [-0.15, -0.1) is 0 Å². The first-order valence-electron chi connectivity index (χ1n) is 4.32. The molecule has 0 aromatic heterocycles. The van der Waals surface area contributed by atoms with Crippen LogP contribution in [0.5, 0.6) is 0 Å². The molecule has 0 saturated heterocycles. The normalized spacial score (nSPS) is 10.0. The Kier molecular flexibility index (Phi) is 5.37. The lowest BCUT2D eigenvalue weighted by Crippen LogP contribution is -2.43. The molecule has 0 spiro atoms. The van der Waals surface area contributed by atoms with Gasteiger partial charge in [-0.05, 0) is 12.5 Å². The molecule has 12 heavy (non-hydrogen) atoms. The minimum atomic E-state index is -0.0267. The van der Waals surface area contributed by atoms with Crippen molar-refractivity contribution >= 4 is 5.91 Å². The summed E-state index contributed by atoms with van der Waals surface area (Å²) in [6, 6.07) is 0. The molecule has 0 aromatic carbocycles. The maximum absolute atomic E-state index is 11.3. The Balaban J connectivity index is 4.20. The minimum Gasteiger partial charge on any atom is -0.272 e. The molecule has 0 aliphatic rings. The lowest BCUT2D eigenvalue weighted by molar-refractivity contribution is -0.140. The molecule has 1 amide bonds. The lowest BCUT2D eigenvalue weighted by atomic mass is 10.4. The monoisotopic (exact) mass is 170 g/mol. The Morgan fingerprint density at radius 2 is 2.08 bits per heavy atom. The summed E-state index contributed by atoms with van der Waals surface area (Å²) in [4.78, 5) is 11.3. The number of hydrazine groups is 1. The SMILES string of the molecule is C=CC(=O)N(CCC)N(C)CC. The van der Waals surface area contributed by atoms with Crippen molar-refractivity contribution in [2.75, 3.05) is 20.1 Å². The van der Waals surface area contributed by atoms with Gasteiger partial charge in [-0.2, -0.15) is 0 Å². The van der Waals surface area contributed by atoms with Gasteiger partial charge in [0.15, 0.2) is 0 Å². The van der Waals surface area contributed by atoms with Crippen LogP contribution in [0.4, 0.5) is 0 Å². The van der Waals surface area contributed by atoms with E-state index in [1.54, 1.807) is 5.01 Å². The predicted octanol–water partition coefficient (Wildman–Crippen LogP) is 1.28. The first-order valence-corrected chi connectivity index (χ1v) is 4.32. The van der Waals surface area contributed by atoms with Gasteiger partial charge in [0.25, 0.3) is 5.91 Å². The second-order valence-corrected chi connectivity index (χ2v) is 2.64. The van der Waals surface area contributed by atoms with Gasteiger partial charge < -0.3 is 0 Å². The van der Waals surface area contributed by atoms with E-state index >= 15 is 0 Å². The number of carbonyl (C=O) groups is 1. The van der Waals surface area contributed by atoms with Gasteiger partial charge in [-0.1, -0.05) is 20.4 Å². The average molecular weight is 170 g/mol. The van der Waals surface area contributed by atoms with Crippen LogP contribution < -0.4 is 0 Å². The van der Waals surface area contributed by atoms with E-state index < -0.39 is 0 Å². The quantitative estimate of drug-likeness (QED) is 0.458. The second kappa shape index (κ2) is 5.77. The first-order chi connectivity index (χ1) is 5.67. The lowest BCUT2D eigenvalue weighted by Gasteiger charge is -2.29. The van der Waals surface area contributed by atoms with E-state index in [0.29, 0.717) is 0 Å². The number of hydrogen-bond donors (Lipinski definition) is 0. The highest BCUT2D eigenvalue weighted by atomic mass is 16.2. The van der Waals surface area contributed by atoms with Crippen molar-refractivity contribution in [1.82, 2.24) is 10.0 Å². The number of carbonyl (C=O) groups excluding carboxylic acids is 1. The van der Waals surface area contributed by atoms with Gasteiger partial charge >= 0.3 is 0 Å². The third-order valence-electron chi connectivity index (χ3n) is 1.73. The standard InChI is InChI=1S/C9H18N2O/c1-5-8-11(9(12)6-2)10(4)7-3/h6H,2,5,7-8H2,1,3-4H3. The number of rotatable bonds is 5. The van der Waals surface area contributed by atoms with E-state index in [4.69, 9.17) is 0 Å². The fourth-order valence-corrected chi connectivity index (χ4v) is 0.937. The molecule has 0 fully saturated rings. The Hall–Kier alpha value is -0.830. The summed E-state index contributed by atoms with van der Waals surface area (Å²) in [5.41, 5.74) is 0. The predicted molar refractivity (Wildman–Crippen MR) is 50.5 cm³/mol. The van der Waals surface area contributed by atoms with E-state index in [9.17, 15) is 4.79 Å². The molecular weight excluding hydrogens is 152 g/mol. The zero-order valence-corrected chi connectivity index (χ0v) is 8.21.